The molecule has 1 aromatic carbocycles. The summed E-state index contributed by atoms with van der Waals surface area (Å²) < 4.78 is 19.0. The summed E-state index contributed by atoms with van der Waals surface area (Å²) in [5, 5.41) is 11.4. The van der Waals surface area contributed by atoms with Crippen molar-refractivity contribution in [2.24, 2.45) is 10.9 Å². The first-order valence-corrected chi connectivity index (χ1v) is 6.52. The summed E-state index contributed by atoms with van der Waals surface area (Å²) in [6.45, 7) is 3.82. The van der Waals surface area contributed by atoms with Crippen molar-refractivity contribution in [3.05, 3.63) is 29.6 Å². The van der Waals surface area contributed by atoms with Crippen molar-refractivity contribution >= 4 is 11.7 Å². The van der Waals surface area contributed by atoms with Gasteiger partial charge in [-0.15, -0.1) is 0 Å². The van der Waals surface area contributed by atoms with E-state index in [1.54, 1.807) is 13.8 Å². The topological polar surface area (TPSA) is 88.2 Å². The number of methoxy groups -OCH3 is 1. The molecule has 0 aliphatic rings. The maximum absolute atomic E-state index is 14.0. The molecule has 7 heteroatoms. The van der Waals surface area contributed by atoms with Crippen LogP contribution in [0.15, 0.2) is 23.4 Å². The minimum Gasteiger partial charge on any atom is -0.496 e. The average molecular weight is 297 g/mol. The van der Waals surface area contributed by atoms with Gasteiger partial charge < -0.3 is 20.6 Å². The van der Waals surface area contributed by atoms with Crippen LogP contribution in [0.1, 0.15) is 30.6 Å². The molecule has 1 rings (SSSR count). The lowest BCUT2D eigenvalue weighted by molar-refractivity contribution is 0.0702. The van der Waals surface area contributed by atoms with E-state index >= 15 is 0 Å². The van der Waals surface area contributed by atoms with E-state index in [4.69, 9.17) is 15.7 Å². The molecule has 0 heterocycles. The predicted octanol–water partition coefficient (Wildman–Crippen LogP) is 1.82. The molecular weight excluding hydrogens is 277 g/mol. The fraction of sp³-hybridized carbons (Fsp3) is 0.429. The third-order valence-electron chi connectivity index (χ3n) is 3.03. The van der Waals surface area contributed by atoms with Crippen LogP contribution < -0.4 is 10.5 Å². The van der Waals surface area contributed by atoms with Crippen LogP contribution in [-0.4, -0.2) is 41.5 Å². The Bertz CT molecular complexity index is 532. The second-order valence-corrected chi connectivity index (χ2v) is 4.75. The number of halogens is 1. The highest BCUT2D eigenvalue weighted by Gasteiger charge is 2.25. The Kier molecular flexibility index (Phi) is 5.95. The van der Waals surface area contributed by atoms with Gasteiger partial charge in [0.15, 0.2) is 0 Å². The molecule has 0 aliphatic heterocycles. The molecule has 0 bridgehead atoms. The quantitative estimate of drug-likeness (QED) is 0.363. The number of oxime groups is 1. The second-order valence-electron chi connectivity index (χ2n) is 4.75. The SMILES string of the molecule is COc1cccc(F)c1C(=O)N(CCC(N)=NO)C(C)C. The fourth-order valence-corrected chi connectivity index (χ4v) is 1.90. The van der Waals surface area contributed by atoms with Gasteiger partial charge in [-0.3, -0.25) is 4.79 Å². The summed E-state index contributed by atoms with van der Waals surface area (Å²) in [7, 11) is 1.38. The number of hydrogen-bond donors (Lipinski definition) is 2. The molecule has 0 unspecified atom stereocenters. The van der Waals surface area contributed by atoms with E-state index in [9.17, 15) is 9.18 Å². The lowest BCUT2D eigenvalue weighted by Gasteiger charge is -2.27. The zero-order valence-electron chi connectivity index (χ0n) is 12.3. The molecule has 6 nitrogen and oxygen atoms in total. The van der Waals surface area contributed by atoms with Gasteiger partial charge in [-0.05, 0) is 26.0 Å². The Hall–Kier alpha value is -2.31. The Labute approximate surface area is 123 Å². The van der Waals surface area contributed by atoms with Crippen molar-refractivity contribution in [1.29, 1.82) is 0 Å². The van der Waals surface area contributed by atoms with E-state index in [0.717, 1.165) is 0 Å². The van der Waals surface area contributed by atoms with E-state index < -0.39 is 11.7 Å². The van der Waals surface area contributed by atoms with Gasteiger partial charge in [-0.2, -0.15) is 0 Å². The molecule has 0 aromatic heterocycles. The van der Waals surface area contributed by atoms with E-state index in [-0.39, 0.29) is 36.2 Å². The van der Waals surface area contributed by atoms with Gasteiger partial charge in [0.1, 0.15) is 23.0 Å². The summed E-state index contributed by atoms with van der Waals surface area (Å²) in [5.41, 5.74) is 5.29. The van der Waals surface area contributed by atoms with Gasteiger partial charge in [0.25, 0.3) is 5.91 Å². The number of amides is 1. The largest absolute Gasteiger partial charge is 0.496 e. The third-order valence-corrected chi connectivity index (χ3v) is 3.03. The fourth-order valence-electron chi connectivity index (χ4n) is 1.90. The maximum Gasteiger partial charge on any atom is 0.260 e. The molecule has 3 N–H and O–H groups in total. The van der Waals surface area contributed by atoms with Crippen LogP contribution in [0.3, 0.4) is 0 Å². The molecule has 0 aliphatic carbocycles. The minimum atomic E-state index is -0.645. The molecular formula is C14H20FN3O3. The van der Waals surface area contributed by atoms with E-state index in [0.29, 0.717) is 0 Å². The molecule has 116 valence electrons. The third kappa shape index (κ3) is 4.08. The molecule has 0 fully saturated rings. The number of benzene rings is 1. The Morgan fingerprint density at radius 1 is 1.52 bits per heavy atom. The first-order valence-electron chi connectivity index (χ1n) is 6.52. The Balaban J connectivity index is 3.07. The standard InChI is InChI=1S/C14H20FN3O3/c1-9(2)18(8-7-12(16)17-20)14(19)13-10(15)5-4-6-11(13)21-3/h4-6,9,20H,7-8H2,1-3H3,(H2,16,17). The van der Waals surface area contributed by atoms with E-state index in [1.807, 2.05) is 0 Å². The number of nitrogens with two attached hydrogens (primary N) is 1. The van der Waals surface area contributed by atoms with Gasteiger partial charge in [-0.25, -0.2) is 4.39 Å². The lowest BCUT2D eigenvalue weighted by Crippen LogP contribution is -2.39. The molecule has 0 radical (unpaired) electrons. The highest BCUT2D eigenvalue weighted by atomic mass is 19.1. The van der Waals surface area contributed by atoms with Crippen molar-refractivity contribution in [2.45, 2.75) is 26.3 Å². The summed E-state index contributed by atoms with van der Waals surface area (Å²) in [5.74, 6) is -0.956. The number of amidine groups is 1. The van der Waals surface area contributed by atoms with Crippen LogP contribution in [0.25, 0.3) is 0 Å². The number of rotatable bonds is 6. The summed E-state index contributed by atoms with van der Waals surface area (Å²) in [6.07, 6.45) is 0.192. The molecule has 0 atom stereocenters. The molecule has 1 amide bonds. The number of hydrogen-bond acceptors (Lipinski definition) is 4. The Morgan fingerprint density at radius 2 is 2.19 bits per heavy atom. The van der Waals surface area contributed by atoms with Gasteiger partial charge in [0.05, 0.1) is 7.11 Å². The number of carbonyl (C=O) groups is 1. The van der Waals surface area contributed by atoms with Crippen LogP contribution in [0.4, 0.5) is 4.39 Å². The smallest absolute Gasteiger partial charge is 0.260 e. The Morgan fingerprint density at radius 3 is 2.71 bits per heavy atom. The monoisotopic (exact) mass is 297 g/mol. The molecule has 1 aromatic rings. The first kappa shape index (κ1) is 16.7. The van der Waals surface area contributed by atoms with Crippen molar-refractivity contribution in [2.75, 3.05) is 13.7 Å². The van der Waals surface area contributed by atoms with Gasteiger partial charge in [-0.1, -0.05) is 11.2 Å². The molecule has 0 saturated heterocycles. The van der Waals surface area contributed by atoms with E-state index in [2.05, 4.69) is 5.16 Å². The summed E-state index contributed by atoms with van der Waals surface area (Å²) >= 11 is 0. The molecule has 21 heavy (non-hydrogen) atoms. The highest BCUT2D eigenvalue weighted by molar-refractivity contribution is 5.97. The van der Waals surface area contributed by atoms with Crippen molar-refractivity contribution in [1.82, 2.24) is 4.90 Å². The minimum absolute atomic E-state index is 0.00829. The first-order chi connectivity index (χ1) is 9.92. The predicted molar refractivity (Wildman–Crippen MR) is 77.2 cm³/mol. The molecule has 0 spiro atoms. The van der Waals surface area contributed by atoms with Crippen molar-refractivity contribution in [3.8, 4) is 5.75 Å². The number of nitrogens with zero attached hydrogens (tertiary/aromatic N) is 2. The van der Waals surface area contributed by atoms with Crippen LogP contribution >= 0.6 is 0 Å². The van der Waals surface area contributed by atoms with Gasteiger partial charge >= 0.3 is 0 Å². The second kappa shape index (κ2) is 7.47. The number of ether oxygens (including phenoxy) is 1. The van der Waals surface area contributed by atoms with E-state index in [1.165, 1.54) is 30.2 Å². The zero-order valence-corrected chi connectivity index (χ0v) is 12.3. The van der Waals surface area contributed by atoms with Crippen LogP contribution in [-0.2, 0) is 0 Å². The highest BCUT2D eigenvalue weighted by Crippen LogP contribution is 2.23. The normalized spacial score (nSPS) is 11.6. The van der Waals surface area contributed by atoms with Crippen LogP contribution in [0, 0.1) is 5.82 Å². The van der Waals surface area contributed by atoms with Crippen LogP contribution in [0.5, 0.6) is 5.75 Å². The van der Waals surface area contributed by atoms with Crippen molar-refractivity contribution in [3.63, 3.8) is 0 Å². The summed E-state index contributed by atoms with van der Waals surface area (Å²) in [4.78, 5) is 14.0. The molecule has 0 saturated carbocycles. The number of carbonyl (C=O) groups excluding carboxylic acids is 1. The van der Waals surface area contributed by atoms with Gasteiger partial charge in [0.2, 0.25) is 0 Å². The van der Waals surface area contributed by atoms with Crippen molar-refractivity contribution < 1.29 is 19.1 Å². The average Bonchev–Trinajstić information content (AvgIpc) is 2.46. The summed E-state index contributed by atoms with van der Waals surface area (Å²) in [6, 6.07) is 4.03. The zero-order chi connectivity index (χ0) is 16.0. The maximum atomic E-state index is 14.0. The van der Waals surface area contributed by atoms with Crippen LogP contribution in [0.2, 0.25) is 0 Å². The van der Waals surface area contributed by atoms with Gasteiger partial charge in [0, 0.05) is 19.0 Å². The lowest BCUT2D eigenvalue weighted by atomic mass is 10.1.